The molecule has 1 rings (SSSR count). The Kier molecular flexibility index (Phi) is 14.5. The molecular weight excluding hydrogens is 367 g/mol. The van der Waals surface area contributed by atoms with Crippen molar-refractivity contribution in [3.8, 4) is 11.8 Å². The molecule has 3 nitrogen and oxygen atoms in total. The van der Waals surface area contributed by atoms with Gasteiger partial charge in [0.1, 0.15) is 12.6 Å². The van der Waals surface area contributed by atoms with Crippen LogP contribution in [0.25, 0.3) is 0 Å². The Morgan fingerprint density at radius 1 is 1.00 bits per heavy atom. The van der Waals surface area contributed by atoms with Crippen molar-refractivity contribution in [2.75, 3.05) is 26.4 Å². The van der Waals surface area contributed by atoms with E-state index < -0.39 is 12.2 Å². The molecule has 0 aromatic heterocycles. The van der Waals surface area contributed by atoms with Crippen molar-refractivity contribution in [2.45, 2.75) is 65.7 Å². The van der Waals surface area contributed by atoms with E-state index in [-0.39, 0.29) is 18.2 Å². The molecule has 6 heteroatoms. The van der Waals surface area contributed by atoms with Gasteiger partial charge in [0.15, 0.2) is 0 Å². The Labute approximate surface area is 168 Å². The zero-order chi connectivity index (χ0) is 21.4. The Morgan fingerprint density at radius 2 is 1.61 bits per heavy atom. The molecule has 0 heterocycles. The van der Waals surface area contributed by atoms with Crippen LogP contribution in [-0.2, 0) is 9.47 Å². The van der Waals surface area contributed by atoms with Crippen molar-refractivity contribution >= 4 is 0 Å². The molecule has 1 N–H and O–H groups in total. The fraction of sp³-hybridized carbons (Fsp3) is 0.636. The highest BCUT2D eigenvalue weighted by molar-refractivity contribution is 5.37. The molecule has 0 radical (unpaired) electrons. The number of hydrogen-bond acceptors (Lipinski definition) is 3. The molecule has 1 aromatic rings. The zero-order valence-corrected chi connectivity index (χ0v) is 17.7. The zero-order valence-electron chi connectivity index (χ0n) is 17.7. The quantitative estimate of drug-likeness (QED) is 0.415. The molecule has 1 unspecified atom stereocenters. The molecule has 0 bridgehead atoms. The Hall–Kier alpha value is -1.55. The summed E-state index contributed by atoms with van der Waals surface area (Å²) in [6.45, 7) is 11.7. The maximum absolute atomic E-state index is 13.2. The molecule has 0 saturated carbocycles. The number of benzene rings is 1. The van der Waals surface area contributed by atoms with Crippen LogP contribution in [0.3, 0.4) is 0 Å². The van der Waals surface area contributed by atoms with Crippen LogP contribution >= 0.6 is 0 Å². The fourth-order valence-electron chi connectivity index (χ4n) is 2.24. The van der Waals surface area contributed by atoms with E-state index in [0.717, 1.165) is 19.4 Å². The van der Waals surface area contributed by atoms with Gasteiger partial charge < -0.3 is 14.8 Å². The first-order valence-electron chi connectivity index (χ1n) is 9.91. The van der Waals surface area contributed by atoms with Crippen LogP contribution in [0.4, 0.5) is 13.2 Å². The van der Waals surface area contributed by atoms with Gasteiger partial charge in [-0.05, 0) is 30.5 Å². The summed E-state index contributed by atoms with van der Waals surface area (Å²) in [6, 6.07) is 4.17. The lowest BCUT2D eigenvalue weighted by Crippen LogP contribution is -2.38. The lowest BCUT2D eigenvalue weighted by atomic mass is 10.0. The number of ether oxygens (including phenoxy) is 2. The predicted octanol–water partition coefficient (Wildman–Crippen LogP) is 5.50. The average Bonchev–Trinajstić information content (AvgIpc) is 2.66. The van der Waals surface area contributed by atoms with Crippen molar-refractivity contribution in [3.63, 3.8) is 0 Å². The van der Waals surface area contributed by atoms with Crippen LogP contribution in [0.15, 0.2) is 24.3 Å². The molecule has 0 aliphatic carbocycles. The first kappa shape index (κ1) is 26.4. The smallest absolute Gasteiger partial charge is 0.381 e. The number of nitrogens with one attached hydrogen (secondary N) is 1. The summed E-state index contributed by atoms with van der Waals surface area (Å²) in [4.78, 5) is 0. The summed E-state index contributed by atoms with van der Waals surface area (Å²) in [5.41, 5.74) is 0.842. The largest absolute Gasteiger partial charge is 0.407 e. The molecule has 1 atom stereocenters. The van der Waals surface area contributed by atoms with Gasteiger partial charge in [-0.1, -0.05) is 58.6 Å². The second kappa shape index (κ2) is 15.4. The second-order valence-electron chi connectivity index (χ2n) is 6.24. The average molecular weight is 402 g/mol. The third-order valence-corrected chi connectivity index (χ3v) is 3.40. The van der Waals surface area contributed by atoms with Crippen LogP contribution in [0.2, 0.25) is 0 Å². The Morgan fingerprint density at radius 3 is 2.14 bits per heavy atom. The molecule has 28 heavy (non-hydrogen) atoms. The summed E-state index contributed by atoms with van der Waals surface area (Å²) < 4.78 is 50.2. The molecule has 0 amide bonds. The number of alkyl halides is 3. The van der Waals surface area contributed by atoms with Crippen molar-refractivity contribution < 1.29 is 22.6 Å². The van der Waals surface area contributed by atoms with E-state index in [1.54, 1.807) is 26.0 Å². The SMILES string of the molecule is CC.CCCOCCCOCC#Cc1ccc(C(NC(C)C)C(F)(F)F)cc1. The minimum atomic E-state index is -4.34. The lowest BCUT2D eigenvalue weighted by Gasteiger charge is -2.24. The molecule has 1 aromatic carbocycles. The number of rotatable bonds is 10. The van der Waals surface area contributed by atoms with Gasteiger partial charge in [-0.15, -0.1) is 0 Å². The standard InChI is InChI=1S/C20H28F3NO2.C2H6/c1-4-12-25-14-6-15-26-13-5-7-17-8-10-18(11-9-17)19(20(21,22)23)24-16(2)3;1-2/h8-11,16,19,24H,4,6,12-15H2,1-3H3;1-2H3. The van der Waals surface area contributed by atoms with Gasteiger partial charge in [-0.3, -0.25) is 0 Å². The van der Waals surface area contributed by atoms with Crippen molar-refractivity contribution in [1.29, 1.82) is 0 Å². The van der Waals surface area contributed by atoms with E-state index in [1.807, 2.05) is 13.8 Å². The highest BCUT2D eigenvalue weighted by atomic mass is 19.4. The number of halogens is 3. The molecule has 160 valence electrons. The molecular formula is C22H34F3NO2. The first-order valence-corrected chi connectivity index (χ1v) is 9.91. The predicted molar refractivity (Wildman–Crippen MR) is 108 cm³/mol. The van der Waals surface area contributed by atoms with Gasteiger partial charge in [-0.25, -0.2) is 0 Å². The van der Waals surface area contributed by atoms with Crippen molar-refractivity contribution in [2.24, 2.45) is 0 Å². The third kappa shape index (κ3) is 12.0. The summed E-state index contributed by atoms with van der Waals surface area (Å²) in [5.74, 6) is 5.76. The van der Waals surface area contributed by atoms with Crippen LogP contribution in [0.1, 0.15) is 64.6 Å². The fourth-order valence-corrected chi connectivity index (χ4v) is 2.24. The van der Waals surface area contributed by atoms with E-state index in [9.17, 15) is 13.2 Å². The van der Waals surface area contributed by atoms with Crippen LogP contribution in [0, 0.1) is 11.8 Å². The van der Waals surface area contributed by atoms with Gasteiger partial charge in [0.05, 0.1) is 6.61 Å². The normalized spacial score (nSPS) is 12.0. The van der Waals surface area contributed by atoms with Crippen molar-refractivity contribution in [1.82, 2.24) is 5.32 Å². The summed E-state index contributed by atoms with van der Waals surface area (Å²) in [6.07, 6.45) is -2.52. The highest BCUT2D eigenvalue weighted by Crippen LogP contribution is 2.33. The van der Waals surface area contributed by atoms with E-state index in [4.69, 9.17) is 9.47 Å². The lowest BCUT2D eigenvalue weighted by molar-refractivity contribution is -0.159. The maximum atomic E-state index is 13.2. The summed E-state index contributed by atoms with van der Waals surface area (Å²) >= 11 is 0. The molecule has 0 fully saturated rings. The third-order valence-electron chi connectivity index (χ3n) is 3.40. The van der Waals surface area contributed by atoms with Crippen LogP contribution < -0.4 is 5.32 Å². The first-order chi connectivity index (χ1) is 13.3. The van der Waals surface area contributed by atoms with Gasteiger partial charge >= 0.3 is 6.18 Å². The van der Waals surface area contributed by atoms with Crippen molar-refractivity contribution in [3.05, 3.63) is 35.4 Å². The minimum Gasteiger partial charge on any atom is -0.381 e. The second-order valence-corrected chi connectivity index (χ2v) is 6.24. The van der Waals surface area contributed by atoms with E-state index in [0.29, 0.717) is 18.8 Å². The van der Waals surface area contributed by atoms with E-state index in [2.05, 4.69) is 24.1 Å². The van der Waals surface area contributed by atoms with Gasteiger partial charge in [0.25, 0.3) is 0 Å². The monoisotopic (exact) mass is 401 g/mol. The van der Waals surface area contributed by atoms with Crippen LogP contribution in [-0.4, -0.2) is 38.6 Å². The molecule has 0 aliphatic rings. The van der Waals surface area contributed by atoms with E-state index >= 15 is 0 Å². The maximum Gasteiger partial charge on any atom is 0.407 e. The Bertz CT molecular complexity index is 560. The van der Waals surface area contributed by atoms with Crippen LogP contribution in [0.5, 0.6) is 0 Å². The van der Waals surface area contributed by atoms with Gasteiger partial charge in [0.2, 0.25) is 0 Å². The molecule has 0 aliphatic heterocycles. The molecule has 0 saturated heterocycles. The summed E-state index contributed by atoms with van der Waals surface area (Å²) in [7, 11) is 0. The van der Waals surface area contributed by atoms with Gasteiger partial charge in [-0.2, -0.15) is 13.2 Å². The van der Waals surface area contributed by atoms with Gasteiger partial charge in [0, 0.05) is 24.8 Å². The number of hydrogen-bond donors (Lipinski definition) is 1. The topological polar surface area (TPSA) is 30.5 Å². The highest BCUT2D eigenvalue weighted by Gasteiger charge is 2.40. The minimum absolute atomic E-state index is 0.181. The molecule has 0 spiro atoms. The Balaban J connectivity index is 0.00000352. The van der Waals surface area contributed by atoms with E-state index in [1.165, 1.54) is 12.1 Å². The summed E-state index contributed by atoms with van der Waals surface area (Å²) in [5, 5.41) is 2.55.